The van der Waals surface area contributed by atoms with E-state index in [0.29, 0.717) is 0 Å². The first-order valence-electron chi connectivity index (χ1n) is 9.23. The molecule has 0 bridgehead atoms. The largest absolute Gasteiger partial charge is 0.573 e. The quantitative estimate of drug-likeness (QED) is 0.271. The molecule has 0 heterocycles. The summed E-state index contributed by atoms with van der Waals surface area (Å²) < 4.78 is 62.4. The van der Waals surface area contributed by atoms with Crippen LogP contribution in [-0.2, 0) is 16.1 Å². The van der Waals surface area contributed by atoms with E-state index < -0.39 is 23.9 Å². The van der Waals surface area contributed by atoms with E-state index in [2.05, 4.69) is 36.6 Å². The second kappa shape index (κ2) is 8.94. The number of allylic oxidation sites excluding steroid dienone is 1. The summed E-state index contributed by atoms with van der Waals surface area (Å²) in [5.41, 5.74) is 0.142. The zero-order valence-corrected chi connectivity index (χ0v) is 19.6. The predicted octanol–water partition coefficient (Wildman–Crippen LogP) is 7.34. The Balaban J connectivity index is 1.74. The van der Waals surface area contributed by atoms with Crippen LogP contribution in [0.5, 0.6) is 5.75 Å². The van der Waals surface area contributed by atoms with E-state index in [9.17, 15) is 18.0 Å². The van der Waals surface area contributed by atoms with E-state index in [1.165, 1.54) is 24.3 Å². The van der Waals surface area contributed by atoms with Crippen LogP contribution in [0.15, 0.2) is 51.9 Å². The Bertz CT molecular complexity index is 1010. The molecule has 0 saturated heterocycles. The highest BCUT2D eigenvalue weighted by atomic mass is 79.9. The molecule has 0 spiro atoms. The highest BCUT2D eigenvalue weighted by Crippen LogP contribution is 2.60. The fourth-order valence-electron chi connectivity index (χ4n) is 3.59. The van der Waals surface area contributed by atoms with Gasteiger partial charge in [0.25, 0.3) is 0 Å². The van der Waals surface area contributed by atoms with Crippen molar-refractivity contribution in [2.45, 2.75) is 26.8 Å². The van der Waals surface area contributed by atoms with Crippen molar-refractivity contribution in [2.75, 3.05) is 0 Å². The average Bonchev–Trinajstić information content (AvgIpc) is 3.18. The number of carbonyl (C=O) groups is 1. The van der Waals surface area contributed by atoms with Crippen molar-refractivity contribution < 1.29 is 31.8 Å². The first-order chi connectivity index (χ1) is 14.4. The van der Waals surface area contributed by atoms with Gasteiger partial charge in [-0.25, -0.2) is 4.39 Å². The molecule has 2 aromatic carbocycles. The van der Waals surface area contributed by atoms with Crippen molar-refractivity contribution in [3.63, 3.8) is 0 Å². The first kappa shape index (κ1) is 23.8. The normalized spacial score (nSPS) is 19.5. The van der Waals surface area contributed by atoms with Crippen molar-refractivity contribution in [3.05, 3.63) is 63.3 Å². The number of carbonyl (C=O) groups excluding carboxylic acids is 1. The second-order valence-corrected chi connectivity index (χ2v) is 10.5. The summed E-state index contributed by atoms with van der Waals surface area (Å²) in [5, 5.41) is 0. The van der Waals surface area contributed by atoms with Gasteiger partial charge in [-0.2, -0.15) is 0 Å². The zero-order chi connectivity index (χ0) is 23.0. The van der Waals surface area contributed by atoms with Crippen molar-refractivity contribution in [1.29, 1.82) is 0 Å². The Morgan fingerprint density at radius 3 is 2.48 bits per heavy atom. The topological polar surface area (TPSA) is 35.5 Å². The number of ether oxygens (including phenoxy) is 2. The minimum atomic E-state index is -4.85. The van der Waals surface area contributed by atoms with Crippen LogP contribution < -0.4 is 4.74 Å². The third-order valence-electron chi connectivity index (χ3n) is 5.30. The zero-order valence-electron chi connectivity index (χ0n) is 16.5. The van der Waals surface area contributed by atoms with E-state index in [4.69, 9.17) is 4.74 Å². The van der Waals surface area contributed by atoms with Crippen LogP contribution in [0.25, 0.3) is 11.1 Å². The van der Waals surface area contributed by atoms with Crippen LogP contribution in [0.1, 0.15) is 19.4 Å². The number of rotatable bonds is 6. The smallest absolute Gasteiger partial charge is 0.460 e. The van der Waals surface area contributed by atoms with Crippen LogP contribution in [0.2, 0.25) is 0 Å². The fraction of sp³-hybridized carbons (Fsp3) is 0.318. The summed E-state index contributed by atoms with van der Waals surface area (Å²) >= 11 is 6.57. The average molecular weight is 566 g/mol. The van der Waals surface area contributed by atoms with Crippen molar-refractivity contribution >= 4 is 37.8 Å². The Morgan fingerprint density at radius 2 is 1.84 bits per heavy atom. The molecule has 0 aromatic heterocycles. The molecule has 3 nitrogen and oxygen atoms in total. The molecule has 1 aliphatic carbocycles. The van der Waals surface area contributed by atoms with E-state index >= 15 is 4.39 Å². The summed E-state index contributed by atoms with van der Waals surface area (Å²) in [7, 11) is 0. The van der Waals surface area contributed by atoms with Gasteiger partial charge in [0, 0.05) is 11.1 Å². The Kier molecular flexibility index (Phi) is 6.86. The van der Waals surface area contributed by atoms with Gasteiger partial charge in [0.2, 0.25) is 0 Å². The van der Waals surface area contributed by atoms with Crippen LogP contribution in [0.4, 0.5) is 17.6 Å². The molecule has 0 radical (unpaired) electrons. The molecule has 9 heteroatoms. The maximum Gasteiger partial charge on any atom is 0.573 e. The van der Waals surface area contributed by atoms with Gasteiger partial charge in [0.05, 0.1) is 9.31 Å². The number of hydrogen-bond donors (Lipinski definition) is 0. The minimum absolute atomic E-state index is 0.0127. The Morgan fingerprint density at radius 1 is 1.16 bits per heavy atom. The minimum Gasteiger partial charge on any atom is -0.460 e. The molecule has 2 atom stereocenters. The maximum atomic E-state index is 15.0. The molecule has 0 amide bonds. The molecule has 1 aliphatic rings. The molecule has 3 rings (SSSR count). The summed E-state index contributed by atoms with van der Waals surface area (Å²) in [6.07, 6.45) is -2.97. The predicted molar refractivity (Wildman–Crippen MR) is 115 cm³/mol. The van der Waals surface area contributed by atoms with Gasteiger partial charge in [0.1, 0.15) is 18.2 Å². The number of esters is 1. The van der Waals surface area contributed by atoms with Crippen LogP contribution in [0.3, 0.4) is 0 Å². The molecular weight excluding hydrogens is 548 g/mol. The Labute approximate surface area is 193 Å². The van der Waals surface area contributed by atoms with Crippen molar-refractivity contribution in [3.8, 4) is 16.9 Å². The SMILES string of the molecule is CC1(C)[C@H](C(=O)OCc2cccc(-c3cccc(OC(F)(F)F)c3)c2F)[C@@H]1C=C(Br)Br. The molecule has 31 heavy (non-hydrogen) atoms. The Hall–Kier alpha value is -1.87. The molecule has 2 aromatic rings. The third-order valence-corrected chi connectivity index (χ3v) is 5.83. The van der Waals surface area contributed by atoms with E-state index in [0.717, 1.165) is 15.5 Å². The fourth-order valence-corrected chi connectivity index (χ4v) is 4.16. The first-order valence-corrected chi connectivity index (χ1v) is 10.8. The second-order valence-electron chi connectivity index (χ2n) is 7.74. The standard InChI is InChI=1S/C22H18Br2F4O3/c1-21(2)16(10-17(23)24)18(21)20(29)30-11-13-6-4-8-15(19(13)25)12-5-3-7-14(9-12)31-22(26,27)28/h3-10,16,18H,11H2,1-2H3/t16-,18-/m0/s1. The number of halogens is 6. The third kappa shape index (κ3) is 5.68. The molecule has 0 N–H and O–H groups in total. The van der Waals surface area contributed by atoms with E-state index in [1.54, 1.807) is 6.07 Å². The van der Waals surface area contributed by atoms with E-state index in [1.807, 2.05) is 19.9 Å². The van der Waals surface area contributed by atoms with Gasteiger partial charge in [-0.3, -0.25) is 4.79 Å². The maximum absolute atomic E-state index is 15.0. The summed E-state index contributed by atoms with van der Waals surface area (Å²) in [6, 6.07) is 9.50. The number of hydrogen-bond acceptors (Lipinski definition) is 3. The molecule has 0 unspecified atom stereocenters. The molecular formula is C22H18Br2F4O3. The lowest BCUT2D eigenvalue weighted by atomic mass is 10.0. The van der Waals surface area contributed by atoms with Gasteiger partial charge in [-0.1, -0.05) is 50.3 Å². The number of benzene rings is 2. The molecule has 0 aliphatic heterocycles. The lowest BCUT2D eigenvalue weighted by Gasteiger charge is -2.12. The lowest BCUT2D eigenvalue weighted by molar-refractivity contribution is -0.274. The van der Waals surface area contributed by atoms with Crippen molar-refractivity contribution in [1.82, 2.24) is 0 Å². The van der Waals surface area contributed by atoms with Gasteiger partial charge < -0.3 is 9.47 Å². The van der Waals surface area contributed by atoms with Crippen LogP contribution in [-0.4, -0.2) is 12.3 Å². The molecule has 1 fully saturated rings. The van der Waals surface area contributed by atoms with Crippen LogP contribution in [0, 0.1) is 23.1 Å². The summed E-state index contributed by atoms with van der Waals surface area (Å²) in [6.45, 7) is 3.61. The van der Waals surface area contributed by atoms with Gasteiger partial charge >= 0.3 is 12.3 Å². The van der Waals surface area contributed by atoms with Crippen molar-refractivity contribution in [2.24, 2.45) is 17.3 Å². The number of alkyl halides is 3. The van der Waals surface area contributed by atoms with E-state index in [-0.39, 0.29) is 40.5 Å². The summed E-state index contributed by atoms with van der Waals surface area (Å²) in [4.78, 5) is 12.5. The highest BCUT2D eigenvalue weighted by molar-refractivity contribution is 9.28. The monoisotopic (exact) mass is 564 g/mol. The molecule has 166 valence electrons. The van der Waals surface area contributed by atoms with Gasteiger partial charge in [-0.15, -0.1) is 13.2 Å². The van der Waals surface area contributed by atoms with Crippen LogP contribution >= 0.6 is 31.9 Å². The van der Waals surface area contributed by atoms with Gasteiger partial charge in [0.15, 0.2) is 0 Å². The van der Waals surface area contributed by atoms with Gasteiger partial charge in [-0.05, 0) is 60.9 Å². The molecule has 1 saturated carbocycles. The summed E-state index contributed by atoms with van der Waals surface area (Å²) in [5.74, 6) is -1.91. The highest BCUT2D eigenvalue weighted by Gasteiger charge is 2.61. The lowest BCUT2D eigenvalue weighted by Crippen LogP contribution is -2.17.